The minimum Gasteiger partial charge on any atom is -0.390 e. The van der Waals surface area contributed by atoms with Crippen LogP contribution in [-0.2, 0) is 27.7 Å². The maximum Gasteiger partial charge on any atom is 0.327 e. The number of benzene rings is 4. The zero-order chi connectivity index (χ0) is 26.4. The van der Waals surface area contributed by atoms with Gasteiger partial charge in [-0.3, -0.25) is 15.4 Å². The predicted molar refractivity (Wildman–Crippen MR) is 145 cm³/mol. The first-order valence-corrected chi connectivity index (χ1v) is 11.9. The summed E-state index contributed by atoms with van der Waals surface area (Å²) in [6, 6.07) is 35.9. The fraction of sp³-hybridized carbons (Fsp3) is 0.0667. The lowest BCUT2D eigenvalue weighted by Gasteiger charge is -2.11. The van der Waals surface area contributed by atoms with E-state index in [9.17, 15) is 9.59 Å². The van der Waals surface area contributed by atoms with Crippen LogP contribution in [0.15, 0.2) is 132 Å². The van der Waals surface area contributed by atoms with Gasteiger partial charge in [0.1, 0.15) is 13.2 Å². The fourth-order valence-corrected chi connectivity index (χ4v) is 3.36. The number of amidine groups is 1. The second-order valence-corrected chi connectivity index (χ2v) is 8.04. The van der Waals surface area contributed by atoms with Gasteiger partial charge in [-0.25, -0.2) is 4.79 Å². The van der Waals surface area contributed by atoms with E-state index in [0.29, 0.717) is 11.1 Å². The first kappa shape index (κ1) is 25.8. The Kier molecular flexibility index (Phi) is 9.35. The van der Waals surface area contributed by atoms with Crippen molar-refractivity contribution in [1.82, 2.24) is 10.6 Å². The quantitative estimate of drug-likeness (QED) is 0.189. The molecule has 0 bridgehead atoms. The van der Waals surface area contributed by atoms with Crippen LogP contribution in [-0.4, -0.2) is 23.5 Å². The van der Waals surface area contributed by atoms with Crippen molar-refractivity contribution in [2.24, 2.45) is 10.3 Å². The van der Waals surface area contributed by atoms with Crippen molar-refractivity contribution < 1.29 is 19.3 Å². The van der Waals surface area contributed by atoms with E-state index < -0.39 is 11.9 Å². The number of carbonyl (C=O) groups excluding carboxylic acids is 2. The highest BCUT2D eigenvalue weighted by atomic mass is 16.6. The van der Waals surface area contributed by atoms with Crippen LogP contribution in [0.4, 0.5) is 4.79 Å². The highest BCUT2D eigenvalue weighted by Crippen LogP contribution is 2.07. The van der Waals surface area contributed by atoms with Gasteiger partial charge in [0.15, 0.2) is 11.5 Å². The molecule has 4 aromatic carbocycles. The number of hydrogen-bond donors (Lipinski definition) is 2. The van der Waals surface area contributed by atoms with Gasteiger partial charge in [0.2, 0.25) is 0 Å². The Hall–Kier alpha value is -5.24. The van der Waals surface area contributed by atoms with Crippen molar-refractivity contribution in [2.45, 2.75) is 13.2 Å². The third kappa shape index (κ3) is 7.89. The van der Waals surface area contributed by atoms with E-state index in [0.717, 1.165) is 11.1 Å². The van der Waals surface area contributed by atoms with Gasteiger partial charge in [-0.1, -0.05) is 132 Å². The average molecular weight is 507 g/mol. The molecule has 2 N–H and O–H groups in total. The van der Waals surface area contributed by atoms with Gasteiger partial charge < -0.3 is 9.68 Å². The molecular formula is C30H26N4O4. The molecule has 190 valence electrons. The summed E-state index contributed by atoms with van der Waals surface area (Å²) >= 11 is 0. The minimum atomic E-state index is -0.799. The minimum absolute atomic E-state index is 0.0461. The summed E-state index contributed by atoms with van der Waals surface area (Å²) < 4.78 is 0. The summed E-state index contributed by atoms with van der Waals surface area (Å²) in [7, 11) is 0. The van der Waals surface area contributed by atoms with Gasteiger partial charge >= 0.3 is 6.03 Å². The molecule has 0 unspecified atom stereocenters. The van der Waals surface area contributed by atoms with E-state index in [1.165, 1.54) is 0 Å². The Morgan fingerprint density at radius 1 is 0.553 bits per heavy atom. The number of rotatable bonds is 9. The molecule has 0 fully saturated rings. The molecule has 8 nitrogen and oxygen atoms in total. The molecule has 0 saturated carbocycles. The third-order valence-corrected chi connectivity index (χ3v) is 5.23. The van der Waals surface area contributed by atoms with Gasteiger partial charge in [0.25, 0.3) is 5.91 Å². The monoisotopic (exact) mass is 506 g/mol. The topological polar surface area (TPSA) is 101 Å². The molecule has 0 aromatic heterocycles. The molecule has 0 atom stereocenters. The second-order valence-electron chi connectivity index (χ2n) is 8.04. The van der Waals surface area contributed by atoms with Crippen molar-refractivity contribution in [1.29, 1.82) is 0 Å². The van der Waals surface area contributed by atoms with Crippen molar-refractivity contribution in [2.75, 3.05) is 0 Å². The van der Waals surface area contributed by atoms with E-state index in [1.807, 2.05) is 72.8 Å². The number of nitrogens with one attached hydrogen (secondary N) is 2. The maximum atomic E-state index is 13.1. The van der Waals surface area contributed by atoms with Crippen molar-refractivity contribution in [3.05, 3.63) is 144 Å². The number of amides is 3. The number of imide groups is 1. The molecule has 0 spiro atoms. The van der Waals surface area contributed by atoms with E-state index >= 15 is 0 Å². The molecule has 0 radical (unpaired) electrons. The van der Waals surface area contributed by atoms with E-state index in [-0.39, 0.29) is 24.8 Å². The first-order chi connectivity index (χ1) is 18.7. The standard InChI is InChI=1S/C30H26N4O4/c35-29(27(25-17-9-3-10-18-25)33-37-21-23-13-5-1-6-14-23)32-30(36)31-28(26-19-11-4-12-20-26)34-38-22-24-15-7-2-8-16-24/h1-20H,21-22H2,(H2,31,32,34,35,36). The van der Waals surface area contributed by atoms with E-state index in [2.05, 4.69) is 20.9 Å². The Bertz CT molecular complexity index is 1380. The molecule has 3 amide bonds. The van der Waals surface area contributed by atoms with Gasteiger partial charge in [0.05, 0.1) is 0 Å². The Morgan fingerprint density at radius 3 is 1.53 bits per heavy atom. The first-order valence-electron chi connectivity index (χ1n) is 11.9. The summed E-state index contributed by atoms with van der Waals surface area (Å²) in [4.78, 5) is 36.8. The summed E-state index contributed by atoms with van der Waals surface area (Å²) in [6.45, 7) is 0.378. The summed E-state index contributed by atoms with van der Waals surface area (Å²) in [6.07, 6.45) is 0. The van der Waals surface area contributed by atoms with Crippen molar-refractivity contribution in [3.8, 4) is 0 Å². The smallest absolute Gasteiger partial charge is 0.327 e. The van der Waals surface area contributed by atoms with Gasteiger partial charge in [0, 0.05) is 11.1 Å². The number of oxime groups is 2. The maximum absolute atomic E-state index is 13.1. The Balaban J connectivity index is 1.45. The third-order valence-electron chi connectivity index (χ3n) is 5.23. The summed E-state index contributed by atoms with van der Waals surface area (Å²) in [5.74, 6) is -0.593. The van der Waals surface area contributed by atoms with E-state index in [4.69, 9.17) is 9.68 Å². The Labute approximate surface area is 220 Å². The molecule has 8 heteroatoms. The normalized spacial score (nSPS) is 11.4. The zero-order valence-electron chi connectivity index (χ0n) is 20.5. The number of nitrogens with zero attached hydrogens (tertiary/aromatic N) is 2. The number of hydrogen-bond acceptors (Lipinski definition) is 6. The Morgan fingerprint density at radius 2 is 1.00 bits per heavy atom. The van der Waals surface area contributed by atoms with Crippen LogP contribution in [0.3, 0.4) is 0 Å². The van der Waals surface area contributed by atoms with E-state index in [1.54, 1.807) is 48.5 Å². The van der Waals surface area contributed by atoms with Crippen LogP contribution in [0.25, 0.3) is 0 Å². The van der Waals surface area contributed by atoms with Crippen LogP contribution in [0.5, 0.6) is 0 Å². The van der Waals surface area contributed by atoms with Gasteiger partial charge in [-0.2, -0.15) is 0 Å². The van der Waals surface area contributed by atoms with Gasteiger partial charge in [-0.15, -0.1) is 0 Å². The molecule has 38 heavy (non-hydrogen) atoms. The molecule has 4 aromatic rings. The molecular weight excluding hydrogens is 480 g/mol. The molecule has 0 saturated heterocycles. The van der Waals surface area contributed by atoms with Crippen LogP contribution >= 0.6 is 0 Å². The fourth-order valence-electron chi connectivity index (χ4n) is 3.36. The molecule has 4 rings (SSSR count). The SMILES string of the molecule is O=C(NC(=O)C(=NOCc1ccccc1)c1ccccc1)N/C(=N/OCc1ccccc1)c1ccccc1. The highest BCUT2D eigenvalue weighted by Gasteiger charge is 2.19. The average Bonchev–Trinajstić information content (AvgIpc) is 2.97. The van der Waals surface area contributed by atoms with Crippen LogP contribution < -0.4 is 10.6 Å². The zero-order valence-corrected chi connectivity index (χ0v) is 20.5. The molecule has 0 aliphatic rings. The number of urea groups is 1. The largest absolute Gasteiger partial charge is 0.390 e. The van der Waals surface area contributed by atoms with Crippen LogP contribution in [0.2, 0.25) is 0 Å². The predicted octanol–water partition coefficient (Wildman–Crippen LogP) is 5.01. The lowest BCUT2D eigenvalue weighted by Crippen LogP contribution is -2.45. The number of carbonyl (C=O) groups is 2. The van der Waals surface area contributed by atoms with Gasteiger partial charge in [-0.05, 0) is 11.1 Å². The van der Waals surface area contributed by atoms with Crippen LogP contribution in [0, 0.1) is 0 Å². The lowest BCUT2D eigenvalue weighted by molar-refractivity contribution is -0.113. The molecule has 0 aliphatic heterocycles. The highest BCUT2D eigenvalue weighted by molar-refractivity contribution is 6.47. The molecule has 0 aliphatic carbocycles. The second kappa shape index (κ2) is 13.7. The van der Waals surface area contributed by atoms with Crippen molar-refractivity contribution in [3.63, 3.8) is 0 Å². The van der Waals surface area contributed by atoms with Crippen molar-refractivity contribution >= 4 is 23.5 Å². The summed E-state index contributed by atoms with van der Waals surface area (Å²) in [5.41, 5.74) is 2.86. The van der Waals surface area contributed by atoms with Crippen LogP contribution in [0.1, 0.15) is 22.3 Å². The summed E-state index contributed by atoms with van der Waals surface area (Å²) in [5, 5.41) is 13.0. The molecule has 0 heterocycles. The lowest BCUT2D eigenvalue weighted by atomic mass is 10.1.